The van der Waals surface area contributed by atoms with Crippen molar-refractivity contribution in [3.63, 3.8) is 0 Å². The second-order valence-corrected chi connectivity index (χ2v) is 6.70. The lowest BCUT2D eigenvalue weighted by atomic mass is 10.2. The van der Waals surface area contributed by atoms with Gasteiger partial charge in [0, 0.05) is 24.6 Å². The van der Waals surface area contributed by atoms with Crippen LogP contribution in [0, 0.1) is 5.82 Å². The van der Waals surface area contributed by atoms with Crippen molar-refractivity contribution >= 4 is 27.9 Å². The van der Waals surface area contributed by atoms with Crippen molar-refractivity contribution in [2.75, 3.05) is 20.1 Å². The van der Waals surface area contributed by atoms with Crippen LogP contribution in [0.3, 0.4) is 0 Å². The van der Waals surface area contributed by atoms with E-state index in [0.29, 0.717) is 4.47 Å². The Morgan fingerprint density at radius 3 is 2.55 bits per heavy atom. The van der Waals surface area contributed by atoms with Crippen molar-refractivity contribution in [1.82, 2.24) is 10.2 Å². The molecule has 0 unspecified atom stereocenters. The molecule has 22 heavy (non-hydrogen) atoms. The van der Waals surface area contributed by atoms with Crippen LogP contribution in [0.2, 0.25) is 0 Å². The summed E-state index contributed by atoms with van der Waals surface area (Å²) in [5, 5.41) is 2.56. The molecular formula is C15H20BrFN2O3. The number of ether oxygens (including phenoxy) is 1. The van der Waals surface area contributed by atoms with Crippen LogP contribution in [-0.2, 0) is 4.74 Å². The zero-order chi connectivity index (χ0) is 16.9. The smallest absolute Gasteiger partial charge is 0.410 e. The molecule has 2 amide bonds. The number of hydrogen-bond donors (Lipinski definition) is 1. The highest BCUT2D eigenvalue weighted by atomic mass is 79.9. The summed E-state index contributed by atoms with van der Waals surface area (Å²) in [7, 11) is 1.57. The Bertz CT molecular complexity index is 558. The van der Waals surface area contributed by atoms with E-state index >= 15 is 0 Å². The Morgan fingerprint density at radius 2 is 2.00 bits per heavy atom. The minimum atomic E-state index is -0.604. The highest BCUT2D eigenvalue weighted by Gasteiger charge is 2.19. The molecule has 0 aliphatic heterocycles. The van der Waals surface area contributed by atoms with Crippen LogP contribution in [0.25, 0.3) is 0 Å². The van der Waals surface area contributed by atoms with Gasteiger partial charge in [0.1, 0.15) is 11.4 Å². The number of likely N-dealkylation sites (N-methyl/N-ethyl adjacent to an activating group) is 1. The average molecular weight is 375 g/mol. The third-order valence-electron chi connectivity index (χ3n) is 2.61. The summed E-state index contributed by atoms with van der Waals surface area (Å²) in [5.41, 5.74) is -0.613. The minimum Gasteiger partial charge on any atom is -0.444 e. The molecule has 0 bridgehead atoms. The molecular weight excluding hydrogens is 355 g/mol. The normalized spacial score (nSPS) is 11.0. The maximum Gasteiger partial charge on any atom is 0.410 e. The minimum absolute atomic E-state index is 0.0388. The van der Waals surface area contributed by atoms with E-state index in [-0.39, 0.29) is 18.7 Å². The Labute approximate surface area is 137 Å². The van der Waals surface area contributed by atoms with Gasteiger partial charge in [-0.2, -0.15) is 0 Å². The maximum absolute atomic E-state index is 13.6. The molecule has 0 aliphatic carbocycles. The number of benzene rings is 1. The molecule has 0 saturated heterocycles. The number of carbonyl (C=O) groups is 2. The van der Waals surface area contributed by atoms with Crippen molar-refractivity contribution in [1.29, 1.82) is 0 Å². The topological polar surface area (TPSA) is 58.6 Å². The van der Waals surface area contributed by atoms with Crippen molar-refractivity contribution in [3.05, 3.63) is 34.1 Å². The molecule has 1 aromatic rings. The van der Waals surface area contributed by atoms with Crippen LogP contribution in [0.15, 0.2) is 22.7 Å². The fraction of sp³-hybridized carbons (Fsp3) is 0.467. The lowest BCUT2D eigenvalue weighted by Crippen LogP contribution is -2.39. The Hall–Kier alpha value is -1.63. The largest absolute Gasteiger partial charge is 0.444 e. The van der Waals surface area contributed by atoms with E-state index in [1.165, 1.54) is 17.0 Å². The molecule has 1 aromatic carbocycles. The second-order valence-electron chi connectivity index (χ2n) is 5.78. The van der Waals surface area contributed by atoms with Crippen LogP contribution >= 0.6 is 15.9 Å². The van der Waals surface area contributed by atoms with E-state index < -0.39 is 23.4 Å². The Morgan fingerprint density at radius 1 is 1.36 bits per heavy atom. The number of nitrogens with zero attached hydrogens (tertiary/aromatic N) is 1. The van der Waals surface area contributed by atoms with Crippen LogP contribution < -0.4 is 5.32 Å². The fourth-order valence-corrected chi connectivity index (χ4v) is 1.87. The first kappa shape index (κ1) is 18.4. The van der Waals surface area contributed by atoms with Gasteiger partial charge < -0.3 is 15.0 Å². The van der Waals surface area contributed by atoms with E-state index in [2.05, 4.69) is 21.2 Å². The quantitative estimate of drug-likeness (QED) is 0.880. The molecule has 0 fully saturated rings. The number of halogens is 2. The van der Waals surface area contributed by atoms with Crippen molar-refractivity contribution in [2.45, 2.75) is 26.4 Å². The molecule has 0 radical (unpaired) electrons. The van der Waals surface area contributed by atoms with Gasteiger partial charge in [-0.1, -0.05) is 15.9 Å². The third kappa shape index (κ3) is 6.01. The van der Waals surface area contributed by atoms with E-state index in [0.717, 1.165) is 0 Å². The third-order valence-corrected chi connectivity index (χ3v) is 3.11. The Balaban J connectivity index is 2.46. The van der Waals surface area contributed by atoms with Gasteiger partial charge in [-0.25, -0.2) is 9.18 Å². The average Bonchev–Trinajstić information content (AvgIpc) is 2.36. The van der Waals surface area contributed by atoms with E-state index in [1.54, 1.807) is 33.9 Å². The van der Waals surface area contributed by atoms with Crippen LogP contribution in [0.1, 0.15) is 31.1 Å². The van der Waals surface area contributed by atoms with Crippen LogP contribution in [0.4, 0.5) is 9.18 Å². The number of carbonyl (C=O) groups excluding carboxylic acids is 2. The summed E-state index contributed by atoms with van der Waals surface area (Å²) < 4.78 is 19.4. The first-order chi connectivity index (χ1) is 10.1. The molecule has 122 valence electrons. The maximum atomic E-state index is 13.6. The highest BCUT2D eigenvalue weighted by molar-refractivity contribution is 9.10. The molecule has 0 atom stereocenters. The summed E-state index contributed by atoms with van der Waals surface area (Å²) in [6, 6.07) is 4.21. The van der Waals surface area contributed by atoms with Crippen LogP contribution in [0.5, 0.6) is 0 Å². The first-order valence-corrected chi connectivity index (χ1v) is 7.57. The van der Waals surface area contributed by atoms with Gasteiger partial charge in [-0.05, 0) is 39.0 Å². The second kappa shape index (κ2) is 7.58. The van der Waals surface area contributed by atoms with Gasteiger partial charge in [0.25, 0.3) is 5.91 Å². The number of nitrogens with one attached hydrogen (secondary N) is 1. The summed E-state index contributed by atoms with van der Waals surface area (Å²) >= 11 is 3.13. The number of amides is 2. The van der Waals surface area contributed by atoms with Gasteiger partial charge in [-0.3, -0.25) is 4.79 Å². The van der Waals surface area contributed by atoms with Gasteiger partial charge >= 0.3 is 6.09 Å². The van der Waals surface area contributed by atoms with Gasteiger partial charge in [0.2, 0.25) is 0 Å². The van der Waals surface area contributed by atoms with Gasteiger partial charge in [0.15, 0.2) is 0 Å². The van der Waals surface area contributed by atoms with E-state index in [1.807, 2.05) is 0 Å². The standard InChI is InChI=1S/C15H20BrFN2O3/c1-15(2,3)22-14(21)19(4)8-7-18-13(20)11-6-5-10(16)9-12(11)17/h5-6,9H,7-8H2,1-4H3,(H,18,20). The zero-order valence-corrected chi connectivity index (χ0v) is 14.7. The fourth-order valence-electron chi connectivity index (χ4n) is 1.54. The SMILES string of the molecule is CN(CCNC(=O)c1ccc(Br)cc1F)C(=O)OC(C)(C)C. The van der Waals surface area contributed by atoms with E-state index in [4.69, 9.17) is 4.74 Å². The lowest BCUT2D eigenvalue weighted by molar-refractivity contribution is 0.0299. The summed E-state index contributed by atoms with van der Waals surface area (Å²) in [6.45, 7) is 5.79. The highest BCUT2D eigenvalue weighted by Crippen LogP contribution is 2.15. The first-order valence-electron chi connectivity index (χ1n) is 6.77. The zero-order valence-electron chi connectivity index (χ0n) is 13.1. The lowest BCUT2D eigenvalue weighted by Gasteiger charge is -2.24. The molecule has 1 rings (SSSR count). The molecule has 5 nitrogen and oxygen atoms in total. The van der Waals surface area contributed by atoms with Gasteiger partial charge in [-0.15, -0.1) is 0 Å². The van der Waals surface area contributed by atoms with Gasteiger partial charge in [0.05, 0.1) is 5.56 Å². The molecule has 0 aliphatic rings. The number of rotatable bonds is 4. The number of hydrogen-bond acceptors (Lipinski definition) is 3. The molecule has 0 saturated carbocycles. The summed E-state index contributed by atoms with van der Waals surface area (Å²) in [6.07, 6.45) is -0.475. The summed E-state index contributed by atoms with van der Waals surface area (Å²) in [4.78, 5) is 24.9. The van der Waals surface area contributed by atoms with Crippen LogP contribution in [-0.4, -0.2) is 42.6 Å². The molecule has 0 spiro atoms. The Kier molecular flexibility index (Phi) is 6.34. The van der Waals surface area contributed by atoms with Crippen molar-refractivity contribution in [3.8, 4) is 0 Å². The molecule has 7 heteroatoms. The monoisotopic (exact) mass is 374 g/mol. The molecule has 1 N–H and O–H groups in total. The van der Waals surface area contributed by atoms with Crippen molar-refractivity contribution in [2.24, 2.45) is 0 Å². The van der Waals surface area contributed by atoms with E-state index in [9.17, 15) is 14.0 Å². The van der Waals surface area contributed by atoms with Crippen molar-refractivity contribution < 1.29 is 18.7 Å². The summed E-state index contributed by atoms with van der Waals surface area (Å²) in [5.74, 6) is -1.13. The predicted molar refractivity (Wildman–Crippen MR) is 85.3 cm³/mol. The molecule has 0 heterocycles. The predicted octanol–water partition coefficient (Wildman–Crippen LogP) is 3.18. The molecule has 0 aromatic heterocycles.